The van der Waals surface area contributed by atoms with Crippen molar-refractivity contribution in [3.8, 4) is 5.75 Å². The Morgan fingerprint density at radius 2 is 2.39 bits per heavy atom. The molecule has 98 valence electrons. The minimum atomic E-state index is 0.324. The van der Waals surface area contributed by atoms with Crippen LogP contribution >= 0.6 is 11.8 Å². The molecule has 1 N–H and O–H groups in total. The van der Waals surface area contributed by atoms with Gasteiger partial charge in [0.25, 0.3) is 0 Å². The number of hydrogen-bond donors (Lipinski definition) is 1. The molecule has 1 saturated heterocycles. The lowest BCUT2D eigenvalue weighted by Crippen LogP contribution is -2.28. The molecule has 1 aromatic carbocycles. The van der Waals surface area contributed by atoms with Crippen molar-refractivity contribution in [1.82, 2.24) is 5.32 Å². The minimum absolute atomic E-state index is 0.324. The van der Waals surface area contributed by atoms with Crippen molar-refractivity contribution in [2.75, 3.05) is 18.9 Å². The van der Waals surface area contributed by atoms with E-state index in [-0.39, 0.29) is 0 Å². The Morgan fingerprint density at radius 3 is 3.22 bits per heavy atom. The Kier molecular flexibility index (Phi) is 3.53. The summed E-state index contributed by atoms with van der Waals surface area (Å²) in [4.78, 5) is 0. The van der Waals surface area contributed by atoms with E-state index < -0.39 is 0 Å². The van der Waals surface area contributed by atoms with E-state index in [9.17, 15) is 0 Å². The highest BCUT2D eigenvalue weighted by Gasteiger charge is 2.30. The van der Waals surface area contributed by atoms with Gasteiger partial charge in [0.05, 0.1) is 0 Å². The highest BCUT2D eigenvalue weighted by Crippen LogP contribution is 2.38. The Bertz CT molecular complexity index is 427. The third-order valence-corrected chi connectivity index (χ3v) is 5.45. The Balaban J connectivity index is 1.72. The van der Waals surface area contributed by atoms with Crippen LogP contribution in [0.2, 0.25) is 0 Å². The van der Waals surface area contributed by atoms with Crippen LogP contribution in [0.3, 0.4) is 0 Å². The number of thioether (sulfide) groups is 1. The summed E-state index contributed by atoms with van der Waals surface area (Å²) < 4.78 is 6.45. The summed E-state index contributed by atoms with van der Waals surface area (Å²) in [6.07, 6.45) is 3.74. The third kappa shape index (κ3) is 2.52. The van der Waals surface area contributed by atoms with Gasteiger partial charge in [0, 0.05) is 16.9 Å². The summed E-state index contributed by atoms with van der Waals surface area (Å²) in [5, 5.41) is 3.43. The van der Waals surface area contributed by atoms with Gasteiger partial charge in [-0.2, -0.15) is 11.8 Å². The number of rotatable bonds is 3. The molecule has 1 aromatic rings. The molecule has 0 saturated carbocycles. The summed E-state index contributed by atoms with van der Waals surface area (Å²) in [5.74, 6) is 2.38. The maximum absolute atomic E-state index is 6.13. The van der Waals surface area contributed by atoms with E-state index >= 15 is 0 Å². The first-order chi connectivity index (χ1) is 8.77. The van der Waals surface area contributed by atoms with Crippen molar-refractivity contribution in [2.24, 2.45) is 0 Å². The van der Waals surface area contributed by atoms with E-state index in [1.165, 1.54) is 29.7 Å². The van der Waals surface area contributed by atoms with Crippen LogP contribution in [-0.2, 0) is 13.0 Å². The Morgan fingerprint density at radius 1 is 1.44 bits per heavy atom. The van der Waals surface area contributed by atoms with Gasteiger partial charge in [-0.3, -0.25) is 0 Å². The van der Waals surface area contributed by atoms with E-state index in [1.54, 1.807) is 0 Å². The van der Waals surface area contributed by atoms with Gasteiger partial charge in [-0.05, 0) is 50.1 Å². The fraction of sp³-hybridized carbons (Fsp3) is 0.600. The van der Waals surface area contributed by atoms with E-state index in [0.717, 1.165) is 31.9 Å². The van der Waals surface area contributed by atoms with Crippen molar-refractivity contribution in [3.63, 3.8) is 0 Å². The molecular formula is C15H21NOS. The van der Waals surface area contributed by atoms with Crippen molar-refractivity contribution in [1.29, 1.82) is 0 Å². The summed E-state index contributed by atoms with van der Waals surface area (Å²) in [6, 6.07) is 6.48. The molecule has 0 radical (unpaired) electrons. The largest absolute Gasteiger partial charge is 0.492 e. The quantitative estimate of drug-likeness (QED) is 0.906. The van der Waals surface area contributed by atoms with Crippen LogP contribution in [0.15, 0.2) is 18.2 Å². The van der Waals surface area contributed by atoms with Crippen molar-refractivity contribution >= 4 is 11.8 Å². The van der Waals surface area contributed by atoms with Crippen LogP contribution in [-0.4, -0.2) is 23.7 Å². The zero-order valence-electron chi connectivity index (χ0n) is 11.0. The van der Waals surface area contributed by atoms with Crippen LogP contribution in [0.5, 0.6) is 5.75 Å². The van der Waals surface area contributed by atoms with E-state index in [1.807, 2.05) is 0 Å². The molecular weight excluding hydrogens is 242 g/mol. The molecule has 1 fully saturated rings. The van der Waals surface area contributed by atoms with Gasteiger partial charge in [0.1, 0.15) is 12.4 Å². The predicted octanol–water partition coefficient (Wildman–Crippen LogP) is 3.00. The Hall–Kier alpha value is -0.670. The van der Waals surface area contributed by atoms with Gasteiger partial charge in [-0.15, -0.1) is 0 Å². The first-order valence-electron chi connectivity index (χ1n) is 6.85. The average Bonchev–Trinajstić information content (AvgIpc) is 2.84. The predicted molar refractivity (Wildman–Crippen MR) is 77.4 cm³/mol. The first kappa shape index (κ1) is 12.4. The average molecular weight is 263 g/mol. The normalized spacial score (nSPS) is 26.9. The first-order valence-corrected chi connectivity index (χ1v) is 7.84. The molecule has 3 heteroatoms. The zero-order chi connectivity index (χ0) is 12.4. The van der Waals surface area contributed by atoms with Gasteiger partial charge in [0.2, 0.25) is 0 Å². The molecule has 0 amide bonds. The molecule has 2 aliphatic rings. The van der Waals surface area contributed by atoms with E-state index in [0.29, 0.717) is 4.75 Å². The number of benzene rings is 1. The number of nitrogens with one attached hydrogen (secondary N) is 1. The van der Waals surface area contributed by atoms with Crippen LogP contribution in [0.1, 0.15) is 30.9 Å². The summed E-state index contributed by atoms with van der Waals surface area (Å²) in [6.45, 7) is 5.21. The van der Waals surface area contributed by atoms with Gasteiger partial charge in [-0.1, -0.05) is 12.1 Å². The fourth-order valence-corrected chi connectivity index (χ4v) is 4.01. The van der Waals surface area contributed by atoms with Gasteiger partial charge in [0.15, 0.2) is 0 Å². The molecule has 1 unspecified atom stereocenters. The molecule has 18 heavy (non-hydrogen) atoms. The molecule has 1 atom stereocenters. The molecule has 2 heterocycles. The molecule has 2 nitrogen and oxygen atoms in total. The van der Waals surface area contributed by atoms with E-state index in [2.05, 4.69) is 42.2 Å². The number of ether oxygens (including phenoxy) is 1. The molecule has 0 bridgehead atoms. The lowest BCUT2D eigenvalue weighted by molar-refractivity contribution is 0.272. The standard InChI is InChI=1S/C15H21NOS/c1-15(7-3-9-18-15)11-17-14-5-2-4-12-6-8-16-10-13(12)14/h2,4-5,16H,3,6-11H2,1H3. The molecule has 0 aromatic heterocycles. The molecule has 3 rings (SSSR count). The van der Waals surface area contributed by atoms with Crippen molar-refractivity contribution in [2.45, 2.75) is 37.5 Å². The maximum atomic E-state index is 6.13. The lowest BCUT2D eigenvalue weighted by Gasteiger charge is -2.25. The third-order valence-electron chi connectivity index (χ3n) is 3.94. The van der Waals surface area contributed by atoms with Crippen molar-refractivity contribution in [3.05, 3.63) is 29.3 Å². The summed E-state index contributed by atoms with van der Waals surface area (Å²) in [5.41, 5.74) is 2.82. The van der Waals surface area contributed by atoms with Crippen molar-refractivity contribution < 1.29 is 4.74 Å². The topological polar surface area (TPSA) is 21.3 Å². The van der Waals surface area contributed by atoms with Gasteiger partial charge < -0.3 is 10.1 Å². The second kappa shape index (κ2) is 5.14. The summed E-state index contributed by atoms with van der Waals surface area (Å²) in [7, 11) is 0. The highest BCUT2D eigenvalue weighted by molar-refractivity contribution is 8.00. The second-order valence-corrected chi connectivity index (χ2v) is 7.19. The second-order valence-electron chi connectivity index (χ2n) is 5.51. The van der Waals surface area contributed by atoms with Crippen LogP contribution in [0.4, 0.5) is 0 Å². The maximum Gasteiger partial charge on any atom is 0.124 e. The van der Waals surface area contributed by atoms with E-state index in [4.69, 9.17) is 4.74 Å². The summed E-state index contributed by atoms with van der Waals surface area (Å²) >= 11 is 2.06. The SMILES string of the molecule is CC1(COc2cccc3c2CNCC3)CCCS1. The zero-order valence-corrected chi connectivity index (χ0v) is 11.8. The van der Waals surface area contributed by atoms with Crippen LogP contribution in [0.25, 0.3) is 0 Å². The minimum Gasteiger partial charge on any atom is -0.492 e. The van der Waals surface area contributed by atoms with Crippen LogP contribution in [0, 0.1) is 0 Å². The van der Waals surface area contributed by atoms with Gasteiger partial charge in [-0.25, -0.2) is 0 Å². The highest BCUT2D eigenvalue weighted by atomic mass is 32.2. The van der Waals surface area contributed by atoms with Gasteiger partial charge >= 0.3 is 0 Å². The molecule has 2 aliphatic heterocycles. The molecule has 0 aliphatic carbocycles. The fourth-order valence-electron chi connectivity index (χ4n) is 2.80. The monoisotopic (exact) mass is 263 g/mol. The smallest absolute Gasteiger partial charge is 0.124 e. The lowest BCUT2D eigenvalue weighted by atomic mass is 10.00. The molecule has 0 spiro atoms. The number of fused-ring (bicyclic) bond motifs is 1. The number of hydrogen-bond acceptors (Lipinski definition) is 3. The van der Waals surface area contributed by atoms with Crippen LogP contribution < -0.4 is 10.1 Å². The Labute approximate surface area is 113 Å².